The van der Waals surface area contributed by atoms with Crippen LogP contribution < -0.4 is 20.6 Å². The maximum Gasteiger partial charge on any atom is 0.344 e. The molecule has 0 radical (unpaired) electrons. The minimum absolute atomic E-state index is 0.144. The van der Waals surface area contributed by atoms with Gasteiger partial charge in [-0.15, -0.1) is 4.40 Å². The summed E-state index contributed by atoms with van der Waals surface area (Å²) in [5.74, 6) is -0.159. The molecule has 1 aromatic carbocycles. The largest absolute Gasteiger partial charge is 0.491 e. The van der Waals surface area contributed by atoms with Crippen molar-refractivity contribution in [3.63, 3.8) is 0 Å². The third-order valence-corrected chi connectivity index (χ3v) is 5.14. The van der Waals surface area contributed by atoms with Crippen LogP contribution in [-0.2, 0) is 15.0 Å². The van der Waals surface area contributed by atoms with Gasteiger partial charge in [0, 0.05) is 6.54 Å². The lowest BCUT2D eigenvalue weighted by molar-refractivity contribution is -0.154. The summed E-state index contributed by atoms with van der Waals surface area (Å²) in [5, 5.41) is 11.3. The lowest BCUT2D eigenvalue weighted by atomic mass is 10.1. The van der Waals surface area contributed by atoms with Gasteiger partial charge >= 0.3 is 10.2 Å². The van der Waals surface area contributed by atoms with Crippen LogP contribution in [0.1, 0.15) is 32.3 Å². The number of hydrogen-bond acceptors (Lipinski definition) is 7. The minimum Gasteiger partial charge on any atom is -0.491 e. The van der Waals surface area contributed by atoms with Gasteiger partial charge in [-0.2, -0.15) is 8.42 Å². The highest BCUT2D eigenvalue weighted by Crippen LogP contribution is 2.30. The summed E-state index contributed by atoms with van der Waals surface area (Å²) in [6.45, 7) is 3.61. The first kappa shape index (κ1) is 19.4. The average molecular weight is 397 g/mol. The van der Waals surface area contributed by atoms with E-state index in [1.54, 1.807) is 18.2 Å². The number of amides is 1. The first-order chi connectivity index (χ1) is 12.6. The number of benzene rings is 1. The number of anilines is 1. The molecule has 1 fully saturated rings. The molecule has 0 aliphatic carbocycles. The van der Waals surface area contributed by atoms with E-state index in [1.807, 2.05) is 0 Å². The molecule has 0 saturated carbocycles. The Morgan fingerprint density at radius 2 is 2.22 bits per heavy atom. The number of rotatable bonds is 4. The van der Waals surface area contributed by atoms with Gasteiger partial charge in [0.2, 0.25) is 0 Å². The normalized spacial score (nSPS) is 21.7. The molecule has 2 heterocycles. The van der Waals surface area contributed by atoms with Crippen LogP contribution in [0, 0.1) is 0 Å². The summed E-state index contributed by atoms with van der Waals surface area (Å²) >= 11 is 0. The highest BCUT2D eigenvalue weighted by molar-refractivity contribution is 7.91. The summed E-state index contributed by atoms with van der Waals surface area (Å²) in [7, 11) is -3.85. The Morgan fingerprint density at radius 1 is 1.48 bits per heavy atom. The highest BCUT2D eigenvalue weighted by Gasteiger charge is 2.33. The van der Waals surface area contributed by atoms with Crippen molar-refractivity contribution in [1.29, 1.82) is 0 Å². The van der Waals surface area contributed by atoms with Gasteiger partial charge < -0.3 is 15.6 Å². The predicted molar refractivity (Wildman–Crippen MR) is 99.4 cm³/mol. The van der Waals surface area contributed by atoms with E-state index in [9.17, 15) is 18.3 Å². The number of ether oxygens (including phenoxy) is 1. The van der Waals surface area contributed by atoms with Crippen molar-refractivity contribution in [3.05, 3.63) is 23.8 Å². The Kier molecular flexibility index (Phi) is 5.02. The van der Waals surface area contributed by atoms with E-state index in [0.29, 0.717) is 23.5 Å². The van der Waals surface area contributed by atoms with Crippen molar-refractivity contribution < 1.29 is 23.1 Å². The molecule has 11 heteroatoms. The molecule has 1 amide bonds. The number of hydrazine groups is 1. The van der Waals surface area contributed by atoms with Gasteiger partial charge in [-0.25, -0.2) is 5.43 Å². The number of fused-ring (bicyclic) bond motifs is 1. The summed E-state index contributed by atoms with van der Waals surface area (Å²) < 4.78 is 34.9. The highest BCUT2D eigenvalue weighted by atomic mass is 32.2. The number of nitrogens with two attached hydrogens (primary N) is 1. The monoisotopic (exact) mass is 397 g/mol. The van der Waals surface area contributed by atoms with Crippen molar-refractivity contribution >= 4 is 27.6 Å². The van der Waals surface area contributed by atoms with Crippen molar-refractivity contribution in [2.75, 3.05) is 17.9 Å². The van der Waals surface area contributed by atoms with Crippen LogP contribution in [0.5, 0.6) is 5.75 Å². The molecule has 148 valence electrons. The molecule has 1 aromatic rings. The number of carbonyl (C=O) groups excluding carboxylic acids is 1. The standard InChI is InChI=1S/C16H23N5O5S/c1-16(2,23)15(22)21-8-4-5-10(18-21)9-26-12-7-3-6-11-13(12)14(17)20-27(24,25)19-11/h3,6-7,10,18-19,23H,4-5,8-9H2,1-2H3,(H2,17,20)/t10-/m1/s1. The van der Waals surface area contributed by atoms with Crippen molar-refractivity contribution in [3.8, 4) is 5.75 Å². The summed E-state index contributed by atoms with van der Waals surface area (Å²) in [5.41, 5.74) is 8.08. The van der Waals surface area contributed by atoms with Crippen molar-refractivity contribution in [2.45, 2.75) is 38.3 Å². The Morgan fingerprint density at radius 3 is 2.93 bits per heavy atom. The van der Waals surface area contributed by atoms with E-state index < -0.39 is 21.7 Å². The van der Waals surface area contributed by atoms with Crippen LogP contribution in [0.25, 0.3) is 0 Å². The first-order valence-electron chi connectivity index (χ1n) is 8.52. The van der Waals surface area contributed by atoms with E-state index in [1.165, 1.54) is 18.9 Å². The zero-order chi connectivity index (χ0) is 19.8. The van der Waals surface area contributed by atoms with Gasteiger partial charge in [0.05, 0.1) is 17.3 Å². The zero-order valence-electron chi connectivity index (χ0n) is 15.1. The average Bonchev–Trinajstić information content (AvgIpc) is 2.57. The Hall–Kier alpha value is -2.37. The fourth-order valence-electron chi connectivity index (χ4n) is 2.98. The molecule has 27 heavy (non-hydrogen) atoms. The quantitative estimate of drug-likeness (QED) is 0.546. The van der Waals surface area contributed by atoms with Crippen molar-refractivity contribution in [1.82, 2.24) is 10.4 Å². The Bertz CT molecular complexity index is 878. The lowest BCUT2D eigenvalue weighted by Crippen LogP contribution is -2.58. The number of amidine groups is 1. The maximum atomic E-state index is 12.2. The first-order valence-corrected chi connectivity index (χ1v) is 9.96. The van der Waals surface area contributed by atoms with Gasteiger partial charge in [0.15, 0.2) is 5.84 Å². The van der Waals surface area contributed by atoms with E-state index >= 15 is 0 Å². The minimum atomic E-state index is -3.85. The lowest BCUT2D eigenvalue weighted by Gasteiger charge is -2.36. The molecule has 0 aromatic heterocycles. The van der Waals surface area contributed by atoms with E-state index in [-0.39, 0.29) is 18.5 Å². The number of nitrogens with zero attached hydrogens (tertiary/aromatic N) is 2. The molecule has 5 N–H and O–H groups in total. The maximum absolute atomic E-state index is 12.2. The molecule has 3 rings (SSSR count). The number of carbonyl (C=O) groups is 1. The van der Waals surface area contributed by atoms with Crippen LogP contribution in [0.2, 0.25) is 0 Å². The topological polar surface area (TPSA) is 146 Å². The van der Waals surface area contributed by atoms with Crippen LogP contribution in [0.15, 0.2) is 22.6 Å². The van der Waals surface area contributed by atoms with Crippen LogP contribution in [0.4, 0.5) is 5.69 Å². The molecule has 1 atom stereocenters. The molecule has 2 aliphatic rings. The van der Waals surface area contributed by atoms with Crippen LogP contribution >= 0.6 is 0 Å². The third kappa shape index (κ3) is 4.31. The van der Waals surface area contributed by atoms with Gasteiger partial charge in [-0.3, -0.25) is 14.5 Å². The van der Waals surface area contributed by atoms with Crippen LogP contribution in [-0.4, -0.2) is 55.1 Å². The van der Waals surface area contributed by atoms with E-state index in [4.69, 9.17) is 10.5 Å². The number of hydrogen-bond donors (Lipinski definition) is 4. The SMILES string of the molecule is CC(C)(O)C(=O)N1CCC[C@H](COc2cccc3c2C(N)=NS(=O)(=O)N3)N1. The molecule has 2 aliphatic heterocycles. The van der Waals surface area contributed by atoms with Gasteiger partial charge in [-0.05, 0) is 38.8 Å². The summed E-state index contributed by atoms with van der Waals surface area (Å²) in [6.07, 6.45) is 1.54. The van der Waals surface area contributed by atoms with Crippen molar-refractivity contribution in [2.24, 2.45) is 10.1 Å². The van der Waals surface area contributed by atoms with Gasteiger partial charge in [0.25, 0.3) is 5.91 Å². The second-order valence-electron chi connectivity index (χ2n) is 7.03. The molecule has 0 bridgehead atoms. The third-order valence-electron chi connectivity index (χ3n) is 4.22. The predicted octanol–water partition coefficient (Wildman–Crippen LogP) is -0.292. The van der Waals surface area contributed by atoms with E-state index in [2.05, 4.69) is 14.5 Å². The van der Waals surface area contributed by atoms with E-state index in [0.717, 1.165) is 12.8 Å². The summed E-state index contributed by atoms with van der Waals surface area (Å²) in [4.78, 5) is 12.2. The number of nitrogens with one attached hydrogen (secondary N) is 2. The molecular weight excluding hydrogens is 374 g/mol. The summed E-state index contributed by atoms with van der Waals surface area (Å²) in [6, 6.07) is 4.74. The molecular formula is C16H23N5O5S. The number of aliphatic hydroxyl groups is 1. The fraction of sp³-hybridized carbons (Fsp3) is 0.500. The fourth-order valence-corrected chi connectivity index (χ4v) is 3.83. The van der Waals surface area contributed by atoms with Gasteiger partial charge in [0.1, 0.15) is 18.0 Å². The Balaban J connectivity index is 1.71. The second-order valence-corrected chi connectivity index (χ2v) is 8.36. The molecule has 10 nitrogen and oxygen atoms in total. The van der Waals surface area contributed by atoms with Gasteiger partial charge in [-0.1, -0.05) is 6.07 Å². The van der Waals surface area contributed by atoms with Crippen LogP contribution in [0.3, 0.4) is 0 Å². The Labute approximate surface area is 157 Å². The molecule has 0 spiro atoms. The molecule has 0 unspecified atom stereocenters. The molecule has 1 saturated heterocycles. The second kappa shape index (κ2) is 6.98. The smallest absolute Gasteiger partial charge is 0.344 e. The zero-order valence-corrected chi connectivity index (χ0v) is 15.9.